The van der Waals surface area contributed by atoms with E-state index in [0.29, 0.717) is 25.9 Å². The molecule has 106 valence electrons. The number of aryl methyl sites for hydroxylation is 1. The van der Waals surface area contributed by atoms with Gasteiger partial charge in [-0.1, -0.05) is 12.1 Å². The largest absolute Gasteiger partial charge is 0.497 e. The molecule has 1 saturated heterocycles. The number of hydrogen-bond donors (Lipinski definition) is 1. The summed E-state index contributed by atoms with van der Waals surface area (Å²) in [6.45, 7) is 2.10. The number of likely N-dealkylation sites (N-methyl/N-ethyl adjacent to an activating group) is 1. The smallest absolute Gasteiger partial charge is 0.118 e. The molecular weight excluding hydrogens is 242 g/mol. The Kier molecular flexibility index (Phi) is 5.63. The highest BCUT2D eigenvalue weighted by Gasteiger charge is 2.23. The van der Waals surface area contributed by atoms with Crippen LogP contribution in [0.4, 0.5) is 0 Å². The first-order valence-corrected chi connectivity index (χ1v) is 6.83. The van der Waals surface area contributed by atoms with Crippen LogP contribution in [0.1, 0.15) is 12.0 Å². The molecule has 2 rings (SSSR count). The molecule has 1 heterocycles. The molecule has 0 bridgehead atoms. The van der Waals surface area contributed by atoms with Crippen molar-refractivity contribution in [3.63, 3.8) is 0 Å². The quantitative estimate of drug-likeness (QED) is 0.848. The van der Waals surface area contributed by atoms with Gasteiger partial charge in [-0.3, -0.25) is 0 Å². The van der Waals surface area contributed by atoms with Gasteiger partial charge in [0.2, 0.25) is 0 Å². The molecule has 4 heteroatoms. The van der Waals surface area contributed by atoms with Gasteiger partial charge in [0.05, 0.1) is 33.0 Å². The van der Waals surface area contributed by atoms with Crippen molar-refractivity contribution in [1.82, 2.24) is 5.32 Å². The summed E-state index contributed by atoms with van der Waals surface area (Å²) < 4.78 is 16.4. The lowest BCUT2D eigenvalue weighted by Gasteiger charge is -2.30. The molecule has 2 unspecified atom stereocenters. The number of benzene rings is 1. The molecule has 0 saturated carbocycles. The molecule has 1 aromatic rings. The minimum absolute atomic E-state index is 0.164. The van der Waals surface area contributed by atoms with Crippen LogP contribution in [0.3, 0.4) is 0 Å². The first kappa shape index (κ1) is 14.3. The van der Waals surface area contributed by atoms with E-state index in [1.54, 1.807) is 7.11 Å². The first-order valence-electron chi connectivity index (χ1n) is 6.83. The molecular formula is C15H23NO3. The Hall–Kier alpha value is -1.10. The average Bonchev–Trinajstić information content (AvgIpc) is 2.49. The van der Waals surface area contributed by atoms with Crippen LogP contribution >= 0.6 is 0 Å². The van der Waals surface area contributed by atoms with Crippen molar-refractivity contribution in [3.05, 3.63) is 29.8 Å². The Morgan fingerprint density at radius 2 is 2.11 bits per heavy atom. The summed E-state index contributed by atoms with van der Waals surface area (Å²) in [6, 6.07) is 8.57. The molecule has 4 nitrogen and oxygen atoms in total. The number of methoxy groups -OCH3 is 1. The summed E-state index contributed by atoms with van der Waals surface area (Å²) in [7, 11) is 3.67. The second kappa shape index (κ2) is 7.48. The molecule has 2 atom stereocenters. The van der Waals surface area contributed by atoms with E-state index in [0.717, 1.165) is 18.6 Å². The van der Waals surface area contributed by atoms with Gasteiger partial charge in [0, 0.05) is 6.04 Å². The molecule has 1 fully saturated rings. The molecule has 1 aliphatic rings. The lowest BCUT2D eigenvalue weighted by atomic mass is 10.0. The van der Waals surface area contributed by atoms with Gasteiger partial charge in [0.15, 0.2) is 0 Å². The average molecular weight is 265 g/mol. The standard InChI is InChI=1S/C15H23NO3/c1-16-14(15-11-18-9-10-19-15)8-5-12-3-6-13(17-2)7-4-12/h3-4,6-7,14-16H,5,8-11H2,1-2H3. The van der Waals surface area contributed by atoms with Gasteiger partial charge in [-0.15, -0.1) is 0 Å². The van der Waals surface area contributed by atoms with E-state index >= 15 is 0 Å². The third-order valence-electron chi connectivity index (χ3n) is 3.56. The normalized spacial score (nSPS) is 21.1. The van der Waals surface area contributed by atoms with E-state index in [2.05, 4.69) is 17.4 Å². The minimum atomic E-state index is 0.164. The maximum absolute atomic E-state index is 5.75. The van der Waals surface area contributed by atoms with Crippen molar-refractivity contribution in [2.45, 2.75) is 25.0 Å². The van der Waals surface area contributed by atoms with E-state index in [-0.39, 0.29) is 6.10 Å². The van der Waals surface area contributed by atoms with Crippen LogP contribution in [0.2, 0.25) is 0 Å². The minimum Gasteiger partial charge on any atom is -0.497 e. The highest BCUT2D eigenvalue weighted by atomic mass is 16.6. The second-order valence-electron chi connectivity index (χ2n) is 4.77. The number of hydrogen-bond acceptors (Lipinski definition) is 4. The van der Waals surface area contributed by atoms with Crippen molar-refractivity contribution in [2.75, 3.05) is 34.0 Å². The molecule has 0 radical (unpaired) electrons. The van der Waals surface area contributed by atoms with Gasteiger partial charge in [0.25, 0.3) is 0 Å². The monoisotopic (exact) mass is 265 g/mol. The van der Waals surface area contributed by atoms with Crippen LogP contribution in [-0.2, 0) is 15.9 Å². The molecule has 0 aliphatic carbocycles. The van der Waals surface area contributed by atoms with Gasteiger partial charge < -0.3 is 19.5 Å². The van der Waals surface area contributed by atoms with Crippen molar-refractivity contribution in [2.24, 2.45) is 0 Å². The molecule has 0 spiro atoms. The molecule has 1 N–H and O–H groups in total. The van der Waals surface area contributed by atoms with Crippen molar-refractivity contribution in [3.8, 4) is 5.75 Å². The maximum Gasteiger partial charge on any atom is 0.118 e. The van der Waals surface area contributed by atoms with Crippen molar-refractivity contribution in [1.29, 1.82) is 0 Å². The summed E-state index contributed by atoms with van der Waals surface area (Å²) in [5.41, 5.74) is 1.32. The van der Waals surface area contributed by atoms with E-state index in [1.807, 2.05) is 19.2 Å². The molecule has 0 aromatic heterocycles. The predicted molar refractivity (Wildman–Crippen MR) is 74.7 cm³/mol. The third-order valence-corrected chi connectivity index (χ3v) is 3.56. The van der Waals surface area contributed by atoms with Gasteiger partial charge in [-0.05, 0) is 37.6 Å². The second-order valence-corrected chi connectivity index (χ2v) is 4.77. The fraction of sp³-hybridized carbons (Fsp3) is 0.600. The third kappa shape index (κ3) is 4.20. The fourth-order valence-corrected chi connectivity index (χ4v) is 2.37. The van der Waals surface area contributed by atoms with E-state index in [1.165, 1.54) is 5.56 Å². The summed E-state index contributed by atoms with van der Waals surface area (Å²) in [4.78, 5) is 0. The highest BCUT2D eigenvalue weighted by Crippen LogP contribution is 2.15. The first-order chi connectivity index (χ1) is 9.33. The molecule has 1 aromatic carbocycles. The molecule has 0 amide bonds. The highest BCUT2D eigenvalue weighted by molar-refractivity contribution is 5.27. The van der Waals surface area contributed by atoms with Crippen LogP contribution in [0.15, 0.2) is 24.3 Å². The number of nitrogens with one attached hydrogen (secondary N) is 1. The Balaban J connectivity index is 1.84. The van der Waals surface area contributed by atoms with Crippen molar-refractivity contribution < 1.29 is 14.2 Å². The van der Waals surface area contributed by atoms with Gasteiger partial charge in [-0.2, -0.15) is 0 Å². The Bertz CT molecular complexity index is 360. The fourth-order valence-electron chi connectivity index (χ4n) is 2.37. The SMILES string of the molecule is CNC(CCc1ccc(OC)cc1)C1COCCO1. The summed E-state index contributed by atoms with van der Waals surface area (Å²) in [5.74, 6) is 0.901. The lowest BCUT2D eigenvalue weighted by Crippen LogP contribution is -2.45. The maximum atomic E-state index is 5.75. The zero-order valence-corrected chi connectivity index (χ0v) is 11.7. The Morgan fingerprint density at radius 1 is 1.32 bits per heavy atom. The van der Waals surface area contributed by atoms with Crippen LogP contribution in [0, 0.1) is 0 Å². The van der Waals surface area contributed by atoms with Crippen LogP contribution in [0.5, 0.6) is 5.75 Å². The molecule has 1 aliphatic heterocycles. The zero-order chi connectivity index (χ0) is 13.5. The van der Waals surface area contributed by atoms with E-state index < -0.39 is 0 Å². The Labute approximate surface area is 115 Å². The summed E-state index contributed by atoms with van der Waals surface area (Å²) in [5, 5.41) is 3.33. The zero-order valence-electron chi connectivity index (χ0n) is 11.7. The summed E-state index contributed by atoms with van der Waals surface area (Å²) >= 11 is 0. The molecule has 19 heavy (non-hydrogen) atoms. The van der Waals surface area contributed by atoms with E-state index in [4.69, 9.17) is 14.2 Å². The lowest BCUT2D eigenvalue weighted by molar-refractivity contribution is -0.101. The van der Waals surface area contributed by atoms with Crippen LogP contribution in [-0.4, -0.2) is 46.1 Å². The van der Waals surface area contributed by atoms with Crippen LogP contribution in [0.25, 0.3) is 0 Å². The van der Waals surface area contributed by atoms with E-state index in [9.17, 15) is 0 Å². The summed E-state index contributed by atoms with van der Waals surface area (Å²) in [6.07, 6.45) is 2.23. The Morgan fingerprint density at radius 3 is 2.68 bits per heavy atom. The van der Waals surface area contributed by atoms with Gasteiger partial charge in [-0.25, -0.2) is 0 Å². The van der Waals surface area contributed by atoms with Crippen molar-refractivity contribution >= 4 is 0 Å². The van der Waals surface area contributed by atoms with Gasteiger partial charge >= 0.3 is 0 Å². The topological polar surface area (TPSA) is 39.7 Å². The number of ether oxygens (including phenoxy) is 3. The van der Waals surface area contributed by atoms with Gasteiger partial charge in [0.1, 0.15) is 5.75 Å². The number of rotatable bonds is 6. The van der Waals surface area contributed by atoms with Crippen LogP contribution < -0.4 is 10.1 Å². The predicted octanol–water partition coefficient (Wildman–Crippen LogP) is 1.63.